The molecule has 0 aromatic carbocycles. The van der Waals surface area contributed by atoms with Crippen LogP contribution in [0.4, 0.5) is 0 Å². The molecule has 0 radical (unpaired) electrons. The molecule has 1 atom stereocenters. The normalized spacial score (nSPS) is 13.9. The summed E-state index contributed by atoms with van der Waals surface area (Å²) in [7, 11) is 2.05. The van der Waals surface area contributed by atoms with Gasteiger partial charge in [-0.15, -0.1) is 0 Å². The van der Waals surface area contributed by atoms with Gasteiger partial charge in [0.15, 0.2) is 0 Å². The monoisotopic (exact) mass is 200 g/mol. The van der Waals surface area contributed by atoms with Gasteiger partial charge in [0, 0.05) is 18.6 Å². The smallest absolute Gasteiger partial charge is 0.0223 e. The second-order valence-electron chi connectivity index (χ2n) is 4.33. The molecule has 0 bridgehead atoms. The number of hydrogen-bond donors (Lipinski definition) is 1. The number of nitrogens with zero attached hydrogens (tertiary/aromatic N) is 1. The Kier molecular flexibility index (Phi) is 8.20. The third-order valence-corrected chi connectivity index (χ3v) is 2.68. The Hall–Kier alpha value is -0.0800. The first kappa shape index (κ1) is 13.9. The van der Waals surface area contributed by atoms with Crippen molar-refractivity contribution in [1.82, 2.24) is 10.2 Å². The highest BCUT2D eigenvalue weighted by atomic mass is 15.2. The van der Waals surface area contributed by atoms with Gasteiger partial charge in [-0.2, -0.15) is 0 Å². The summed E-state index contributed by atoms with van der Waals surface area (Å²) in [5, 5.41) is 3.30. The zero-order chi connectivity index (χ0) is 11.0. The Balaban J connectivity index is 4.21. The Morgan fingerprint density at radius 1 is 1.14 bits per heavy atom. The Labute approximate surface area is 90.1 Å². The summed E-state index contributed by atoms with van der Waals surface area (Å²) in [6.07, 6.45) is 3.83. The molecule has 1 unspecified atom stereocenters. The number of likely N-dealkylation sites (N-methyl/N-ethyl adjacent to an activating group) is 1. The SMILES string of the molecule is CCCC(CNC)N(CCC)C(C)C. The topological polar surface area (TPSA) is 15.3 Å². The molecule has 0 aliphatic rings. The van der Waals surface area contributed by atoms with Gasteiger partial charge in [0.1, 0.15) is 0 Å². The standard InChI is InChI=1S/C12H28N2/c1-6-8-12(10-13-5)14(9-7-2)11(3)4/h11-13H,6-10H2,1-5H3. The van der Waals surface area contributed by atoms with Crippen LogP contribution in [0.2, 0.25) is 0 Å². The summed E-state index contributed by atoms with van der Waals surface area (Å²) < 4.78 is 0. The molecule has 0 aromatic rings. The zero-order valence-corrected chi connectivity index (χ0v) is 10.6. The molecule has 86 valence electrons. The van der Waals surface area contributed by atoms with E-state index >= 15 is 0 Å². The largest absolute Gasteiger partial charge is 0.318 e. The Morgan fingerprint density at radius 2 is 1.79 bits per heavy atom. The maximum Gasteiger partial charge on any atom is 0.0223 e. The summed E-state index contributed by atoms with van der Waals surface area (Å²) in [4.78, 5) is 2.62. The van der Waals surface area contributed by atoms with Gasteiger partial charge in [-0.1, -0.05) is 20.3 Å². The number of rotatable bonds is 8. The number of nitrogens with one attached hydrogen (secondary N) is 1. The van der Waals surface area contributed by atoms with E-state index in [0.29, 0.717) is 12.1 Å². The maximum absolute atomic E-state index is 3.30. The Bertz CT molecular complexity index is 117. The quantitative estimate of drug-likeness (QED) is 0.647. The highest BCUT2D eigenvalue weighted by Crippen LogP contribution is 2.11. The third-order valence-electron chi connectivity index (χ3n) is 2.68. The van der Waals surface area contributed by atoms with E-state index in [-0.39, 0.29) is 0 Å². The van der Waals surface area contributed by atoms with Crippen LogP contribution in [-0.2, 0) is 0 Å². The summed E-state index contributed by atoms with van der Waals surface area (Å²) in [5.74, 6) is 0. The predicted molar refractivity (Wildman–Crippen MR) is 64.8 cm³/mol. The maximum atomic E-state index is 3.30. The summed E-state index contributed by atoms with van der Waals surface area (Å²) in [5.41, 5.74) is 0. The lowest BCUT2D eigenvalue weighted by Gasteiger charge is -2.34. The molecule has 0 saturated carbocycles. The molecule has 14 heavy (non-hydrogen) atoms. The summed E-state index contributed by atoms with van der Waals surface area (Å²) in [6.45, 7) is 11.5. The van der Waals surface area contributed by atoms with Gasteiger partial charge in [-0.05, 0) is 40.3 Å². The molecule has 0 amide bonds. The van der Waals surface area contributed by atoms with Crippen molar-refractivity contribution in [3.63, 3.8) is 0 Å². The predicted octanol–water partition coefficient (Wildman–Crippen LogP) is 2.49. The van der Waals surface area contributed by atoms with Crippen LogP contribution in [0.1, 0.15) is 47.0 Å². The minimum absolute atomic E-state index is 0.667. The molecule has 0 aromatic heterocycles. The summed E-state index contributed by atoms with van der Waals surface area (Å²) >= 11 is 0. The lowest BCUT2D eigenvalue weighted by Crippen LogP contribution is -2.45. The van der Waals surface area contributed by atoms with Crippen molar-refractivity contribution >= 4 is 0 Å². The molecule has 2 heteroatoms. The van der Waals surface area contributed by atoms with Crippen molar-refractivity contribution in [2.45, 2.75) is 59.0 Å². The first-order valence-electron chi connectivity index (χ1n) is 6.07. The summed E-state index contributed by atoms with van der Waals surface area (Å²) in [6, 6.07) is 1.38. The first-order chi connectivity index (χ1) is 6.67. The van der Waals surface area contributed by atoms with Crippen LogP contribution in [0, 0.1) is 0 Å². The zero-order valence-electron chi connectivity index (χ0n) is 10.6. The van der Waals surface area contributed by atoms with Crippen LogP contribution in [0.25, 0.3) is 0 Å². The Morgan fingerprint density at radius 3 is 2.14 bits per heavy atom. The van der Waals surface area contributed by atoms with E-state index in [1.807, 2.05) is 7.05 Å². The van der Waals surface area contributed by atoms with Gasteiger partial charge in [-0.3, -0.25) is 4.90 Å². The third kappa shape index (κ3) is 4.97. The van der Waals surface area contributed by atoms with Crippen molar-refractivity contribution in [2.75, 3.05) is 20.1 Å². The molecule has 2 nitrogen and oxygen atoms in total. The van der Waals surface area contributed by atoms with Crippen LogP contribution < -0.4 is 5.32 Å². The van der Waals surface area contributed by atoms with E-state index in [0.717, 1.165) is 6.54 Å². The second kappa shape index (κ2) is 8.25. The first-order valence-corrected chi connectivity index (χ1v) is 6.07. The highest BCUT2D eigenvalue weighted by molar-refractivity contribution is 4.75. The van der Waals surface area contributed by atoms with Crippen molar-refractivity contribution in [3.05, 3.63) is 0 Å². The van der Waals surface area contributed by atoms with Crippen LogP contribution in [0.15, 0.2) is 0 Å². The van der Waals surface area contributed by atoms with Crippen molar-refractivity contribution in [2.24, 2.45) is 0 Å². The van der Waals surface area contributed by atoms with Gasteiger partial charge >= 0.3 is 0 Å². The van der Waals surface area contributed by atoms with Gasteiger partial charge < -0.3 is 5.32 Å². The molecular weight excluding hydrogens is 172 g/mol. The van der Waals surface area contributed by atoms with Crippen molar-refractivity contribution in [1.29, 1.82) is 0 Å². The molecule has 0 spiro atoms. The van der Waals surface area contributed by atoms with Gasteiger partial charge in [0.05, 0.1) is 0 Å². The molecule has 0 aliphatic heterocycles. The van der Waals surface area contributed by atoms with E-state index < -0.39 is 0 Å². The van der Waals surface area contributed by atoms with Gasteiger partial charge in [0.25, 0.3) is 0 Å². The molecule has 1 N–H and O–H groups in total. The molecule has 0 saturated heterocycles. The fourth-order valence-electron chi connectivity index (χ4n) is 2.07. The fraction of sp³-hybridized carbons (Fsp3) is 1.00. The molecular formula is C12H28N2. The van der Waals surface area contributed by atoms with Crippen LogP contribution in [-0.4, -0.2) is 37.1 Å². The number of hydrogen-bond acceptors (Lipinski definition) is 2. The van der Waals surface area contributed by atoms with E-state index in [1.165, 1.54) is 25.8 Å². The van der Waals surface area contributed by atoms with E-state index in [1.54, 1.807) is 0 Å². The highest BCUT2D eigenvalue weighted by Gasteiger charge is 2.18. The average molecular weight is 200 g/mol. The lowest BCUT2D eigenvalue weighted by molar-refractivity contribution is 0.143. The molecule has 0 aliphatic carbocycles. The van der Waals surface area contributed by atoms with Crippen LogP contribution >= 0.6 is 0 Å². The minimum atomic E-state index is 0.667. The van der Waals surface area contributed by atoms with E-state index in [9.17, 15) is 0 Å². The fourth-order valence-corrected chi connectivity index (χ4v) is 2.07. The lowest BCUT2D eigenvalue weighted by atomic mass is 10.1. The molecule has 0 rings (SSSR count). The van der Waals surface area contributed by atoms with Crippen molar-refractivity contribution in [3.8, 4) is 0 Å². The van der Waals surface area contributed by atoms with Gasteiger partial charge in [0.2, 0.25) is 0 Å². The van der Waals surface area contributed by atoms with Gasteiger partial charge in [-0.25, -0.2) is 0 Å². The van der Waals surface area contributed by atoms with Crippen LogP contribution in [0.3, 0.4) is 0 Å². The molecule has 0 fully saturated rings. The van der Waals surface area contributed by atoms with E-state index in [2.05, 4.69) is 37.9 Å². The molecule has 0 heterocycles. The van der Waals surface area contributed by atoms with Crippen LogP contribution in [0.5, 0.6) is 0 Å². The van der Waals surface area contributed by atoms with E-state index in [4.69, 9.17) is 0 Å². The average Bonchev–Trinajstić information content (AvgIpc) is 2.13. The minimum Gasteiger partial charge on any atom is -0.318 e. The van der Waals surface area contributed by atoms with Crippen molar-refractivity contribution < 1.29 is 0 Å². The second-order valence-corrected chi connectivity index (χ2v) is 4.33.